The maximum Gasteiger partial charge on any atom is 0.251 e. The monoisotopic (exact) mass is 391 g/mol. The van der Waals surface area contributed by atoms with Gasteiger partial charge in [0.15, 0.2) is 0 Å². The van der Waals surface area contributed by atoms with Gasteiger partial charge in [-0.15, -0.1) is 0 Å². The molecule has 1 N–H and O–H groups in total. The minimum absolute atomic E-state index is 0.0300. The SMILES string of the molecule is CCn1c(=O)ccc2c(N3C[C@H]4CNC[C@@H]4C3)c(-c3ccc(F)cc3)c(C)cc21. The van der Waals surface area contributed by atoms with Crippen molar-refractivity contribution in [2.45, 2.75) is 20.4 Å². The van der Waals surface area contributed by atoms with Crippen LogP contribution in [0.4, 0.5) is 10.1 Å². The largest absolute Gasteiger partial charge is 0.370 e. The average molecular weight is 391 g/mol. The summed E-state index contributed by atoms with van der Waals surface area (Å²) in [5.41, 5.74) is 5.47. The summed E-state index contributed by atoms with van der Waals surface area (Å²) in [4.78, 5) is 15.0. The van der Waals surface area contributed by atoms with E-state index in [0.717, 1.165) is 53.8 Å². The Hall–Kier alpha value is -2.66. The predicted molar refractivity (Wildman–Crippen MR) is 116 cm³/mol. The highest BCUT2D eigenvalue weighted by Gasteiger charge is 2.37. The zero-order chi connectivity index (χ0) is 20.1. The van der Waals surface area contributed by atoms with Gasteiger partial charge in [-0.25, -0.2) is 4.39 Å². The second kappa shape index (κ2) is 6.99. The van der Waals surface area contributed by atoms with Crippen LogP contribution >= 0.6 is 0 Å². The lowest BCUT2D eigenvalue weighted by Gasteiger charge is -2.27. The summed E-state index contributed by atoms with van der Waals surface area (Å²) in [6.45, 7) is 8.89. The highest BCUT2D eigenvalue weighted by molar-refractivity contribution is 6.02. The van der Waals surface area contributed by atoms with Crippen LogP contribution in [0.5, 0.6) is 0 Å². The number of fused-ring (bicyclic) bond motifs is 2. The second-order valence-electron chi connectivity index (χ2n) is 8.36. The third kappa shape index (κ3) is 2.96. The van der Waals surface area contributed by atoms with E-state index in [0.29, 0.717) is 18.4 Å². The molecular weight excluding hydrogens is 365 g/mol. The lowest BCUT2D eigenvalue weighted by atomic mass is 9.94. The molecule has 0 saturated carbocycles. The Morgan fingerprint density at radius 3 is 2.41 bits per heavy atom. The summed E-state index contributed by atoms with van der Waals surface area (Å²) < 4.78 is 15.4. The van der Waals surface area contributed by atoms with E-state index < -0.39 is 0 Å². The van der Waals surface area contributed by atoms with E-state index in [9.17, 15) is 9.18 Å². The van der Waals surface area contributed by atoms with Gasteiger partial charge in [0.1, 0.15) is 5.82 Å². The van der Waals surface area contributed by atoms with Gasteiger partial charge in [0.25, 0.3) is 5.56 Å². The van der Waals surface area contributed by atoms with Gasteiger partial charge in [0.05, 0.1) is 11.2 Å². The molecule has 3 heterocycles. The molecule has 150 valence electrons. The van der Waals surface area contributed by atoms with Crippen LogP contribution in [0.1, 0.15) is 12.5 Å². The fourth-order valence-corrected chi connectivity index (χ4v) is 5.22. The summed E-state index contributed by atoms with van der Waals surface area (Å²) in [5, 5.41) is 4.61. The zero-order valence-electron chi connectivity index (χ0n) is 16.9. The highest BCUT2D eigenvalue weighted by Crippen LogP contribution is 2.43. The molecule has 0 amide bonds. The third-order valence-electron chi connectivity index (χ3n) is 6.62. The van der Waals surface area contributed by atoms with E-state index in [4.69, 9.17) is 0 Å². The van der Waals surface area contributed by atoms with Crippen molar-refractivity contribution in [1.29, 1.82) is 0 Å². The predicted octanol–water partition coefficient (Wildman–Crippen LogP) is 3.79. The molecule has 29 heavy (non-hydrogen) atoms. The van der Waals surface area contributed by atoms with Crippen molar-refractivity contribution in [3.63, 3.8) is 0 Å². The Bertz CT molecular complexity index is 1120. The normalized spacial score (nSPS) is 21.1. The molecule has 2 aliphatic heterocycles. The maximum atomic E-state index is 13.6. The van der Waals surface area contributed by atoms with Crippen LogP contribution in [0.3, 0.4) is 0 Å². The molecule has 0 radical (unpaired) electrons. The molecular formula is C24H26FN3O. The van der Waals surface area contributed by atoms with E-state index in [1.807, 2.05) is 29.7 Å². The number of nitrogens with one attached hydrogen (secondary N) is 1. The lowest BCUT2D eigenvalue weighted by molar-refractivity contribution is 0.533. The molecule has 0 unspecified atom stereocenters. The number of anilines is 1. The molecule has 0 spiro atoms. The number of benzene rings is 2. The standard InChI is InChI=1S/C24H26FN3O/c1-3-28-21-10-15(2)23(16-4-6-19(25)7-5-16)24(20(21)8-9-22(28)29)27-13-17-11-26-12-18(17)14-27/h4-10,17-18,26H,3,11-14H2,1-2H3/t17-,18-/m1/s1. The quantitative estimate of drug-likeness (QED) is 0.738. The topological polar surface area (TPSA) is 37.3 Å². The summed E-state index contributed by atoms with van der Waals surface area (Å²) in [6, 6.07) is 12.5. The van der Waals surface area contributed by atoms with E-state index in [1.54, 1.807) is 6.07 Å². The first kappa shape index (κ1) is 18.4. The molecule has 3 aromatic rings. The van der Waals surface area contributed by atoms with Crippen LogP contribution in [-0.2, 0) is 6.54 Å². The van der Waals surface area contributed by atoms with Crippen LogP contribution in [0.15, 0.2) is 47.3 Å². The number of halogens is 1. The van der Waals surface area contributed by atoms with Crippen molar-refractivity contribution in [1.82, 2.24) is 9.88 Å². The van der Waals surface area contributed by atoms with Crippen molar-refractivity contribution in [2.75, 3.05) is 31.1 Å². The van der Waals surface area contributed by atoms with Crippen molar-refractivity contribution in [3.8, 4) is 11.1 Å². The summed E-state index contributed by atoms with van der Waals surface area (Å²) in [7, 11) is 0. The Morgan fingerprint density at radius 2 is 1.76 bits per heavy atom. The zero-order valence-corrected chi connectivity index (χ0v) is 16.9. The summed E-state index contributed by atoms with van der Waals surface area (Å²) >= 11 is 0. The number of rotatable bonds is 3. The van der Waals surface area contributed by atoms with E-state index in [2.05, 4.69) is 23.2 Å². The van der Waals surface area contributed by atoms with Gasteiger partial charge in [-0.3, -0.25) is 4.79 Å². The van der Waals surface area contributed by atoms with Gasteiger partial charge in [-0.1, -0.05) is 12.1 Å². The van der Waals surface area contributed by atoms with Gasteiger partial charge in [-0.05, 0) is 61.1 Å². The molecule has 5 rings (SSSR count). The first-order valence-electron chi connectivity index (χ1n) is 10.5. The number of hydrogen-bond acceptors (Lipinski definition) is 3. The minimum Gasteiger partial charge on any atom is -0.370 e. The van der Waals surface area contributed by atoms with Gasteiger partial charge in [0, 0.05) is 49.7 Å². The van der Waals surface area contributed by atoms with Gasteiger partial charge < -0.3 is 14.8 Å². The van der Waals surface area contributed by atoms with Crippen molar-refractivity contribution in [2.24, 2.45) is 11.8 Å². The van der Waals surface area contributed by atoms with E-state index >= 15 is 0 Å². The fraction of sp³-hybridized carbons (Fsp3) is 0.375. The van der Waals surface area contributed by atoms with Crippen molar-refractivity contribution >= 4 is 16.6 Å². The number of hydrogen-bond donors (Lipinski definition) is 1. The number of aryl methyl sites for hydroxylation is 2. The van der Waals surface area contributed by atoms with Crippen LogP contribution in [0.25, 0.3) is 22.0 Å². The van der Waals surface area contributed by atoms with E-state index in [-0.39, 0.29) is 11.4 Å². The fourth-order valence-electron chi connectivity index (χ4n) is 5.22. The van der Waals surface area contributed by atoms with Crippen LogP contribution in [0, 0.1) is 24.6 Å². The Morgan fingerprint density at radius 1 is 1.07 bits per heavy atom. The Balaban J connectivity index is 1.79. The smallest absolute Gasteiger partial charge is 0.251 e. The maximum absolute atomic E-state index is 13.6. The highest BCUT2D eigenvalue weighted by atomic mass is 19.1. The van der Waals surface area contributed by atoms with Gasteiger partial charge in [-0.2, -0.15) is 0 Å². The third-order valence-corrected chi connectivity index (χ3v) is 6.62. The molecule has 2 aliphatic rings. The molecule has 2 fully saturated rings. The molecule has 2 atom stereocenters. The molecule has 5 heteroatoms. The van der Waals surface area contributed by atoms with Gasteiger partial charge >= 0.3 is 0 Å². The van der Waals surface area contributed by atoms with Crippen molar-refractivity contribution < 1.29 is 4.39 Å². The summed E-state index contributed by atoms with van der Waals surface area (Å²) in [5.74, 6) is 1.09. The van der Waals surface area contributed by atoms with Crippen LogP contribution in [0.2, 0.25) is 0 Å². The average Bonchev–Trinajstić information content (AvgIpc) is 3.30. The van der Waals surface area contributed by atoms with Crippen LogP contribution in [-0.4, -0.2) is 30.7 Å². The summed E-state index contributed by atoms with van der Waals surface area (Å²) in [6.07, 6.45) is 0. The van der Waals surface area contributed by atoms with E-state index in [1.165, 1.54) is 17.8 Å². The number of nitrogens with zero attached hydrogens (tertiary/aromatic N) is 2. The van der Waals surface area contributed by atoms with Crippen molar-refractivity contribution in [3.05, 3.63) is 64.2 Å². The first-order chi connectivity index (χ1) is 14.1. The minimum atomic E-state index is -0.227. The molecule has 0 aliphatic carbocycles. The number of aromatic nitrogens is 1. The Labute approximate surface area is 170 Å². The lowest BCUT2D eigenvalue weighted by Crippen LogP contribution is -2.27. The molecule has 0 bridgehead atoms. The molecule has 1 aromatic heterocycles. The molecule has 2 saturated heterocycles. The number of pyridine rings is 1. The van der Waals surface area contributed by atoms with Gasteiger partial charge in [0.2, 0.25) is 0 Å². The molecule has 4 nitrogen and oxygen atoms in total. The first-order valence-corrected chi connectivity index (χ1v) is 10.5. The Kier molecular flexibility index (Phi) is 4.43. The van der Waals surface area contributed by atoms with Crippen LogP contribution < -0.4 is 15.8 Å². The second-order valence-corrected chi connectivity index (χ2v) is 8.36. The molecule has 2 aromatic carbocycles.